The van der Waals surface area contributed by atoms with Crippen molar-refractivity contribution in [2.45, 2.75) is 40.0 Å². The highest BCUT2D eigenvalue weighted by Crippen LogP contribution is 2.36. The van der Waals surface area contributed by atoms with Crippen molar-refractivity contribution in [3.05, 3.63) is 28.1 Å². The summed E-state index contributed by atoms with van der Waals surface area (Å²) >= 11 is 6.23. The molecule has 1 aromatic heterocycles. The van der Waals surface area contributed by atoms with Gasteiger partial charge in [-0.2, -0.15) is 5.10 Å². The molecule has 0 N–H and O–H groups in total. The fourth-order valence-corrected chi connectivity index (χ4v) is 2.94. The van der Waals surface area contributed by atoms with Crippen LogP contribution in [0.3, 0.4) is 0 Å². The van der Waals surface area contributed by atoms with Crippen LogP contribution in [0.5, 0.6) is 0 Å². The summed E-state index contributed by atoms with van der Waals surface area (Å²) in [7, 11) is 1.84. The minimum absolute atomic E-state index is 0.0593. The highest BCUT2D eigenvalue weighted by Gasteiger charge is 2.28. The minimum Gasteiger partial charge on any atom is -0.295 e. The molecule has 0 unspecified atom stereocenters. The zero-order chi connectivity index (χ0) is 13.5. The molecule has 3 nitrogen and oxygen atoms in total. The molecule has 18 heavy (non-hydrogen) atoms. The van der Waals surface area contributed by atoms with E-state index in [1.165, 1.54) is 0 Å². The summed E-state index contributed by atoms with van der Waals surface area (Å²) in [5, 5.41) is 4.97. The molecule has 1 aliphatic carbocycles. The first-order chi connectivity index (χ1) is 8.28. The number of hydrogen-bond donors (Lipinski definition) is 0. The third kappa shape index (κ3) is 2.66. The van der Waals surface area contributed by atoms with Gasteiger partial charge in [-0.05, 0) is 31.3 Å². The number of nitrogens with zero attached hydrogens (tertiary/aromatic N) is 2. The molecule has 0 spiro atoms. The maximum absolute atomic E-state index is 11.7. The molecule has 1 aromatic rings. The molecular formula is C14H19ClN2O. The molecule has 0 amide bonds. The lowest BCUT2D eigenvalue weighted by molar-refractivity contribution is -0.117. The second-order valence-corrected chi connectivity index (χ2v) is 6.30. The lowest BCUT2D eigenvalue weighted by Crippen LogP contribution is -2.22. The fraction of sp³-hybridized carbons (Fsp3) is 0.571. The maximum Gasteiger partial charge on any atom is 0.156 e. The van der Waals surface area contributed by atoms with Crippen LogP contribution in [0.25, 0.3) is 0 Å². The van der Waals surface area contributed by atoms with E-state index in [9.17, 15) is 4.79 Å². The first-order valence-electron chi connectivity index (χ1n) is 6.19. The van der Waals surface area contributed by atoms with Crippen LogP contribution in [0.2, 0.25) is 5.15 Å². The van der Waals surface area contributed by atoms with E-state index in [4.69, 9.17) is 11.6 Å². The maximum atomic E-state index is 11.7. The number of hydrogen-bond acceptors (Lipinski definition) is 2. The van der Waals surface area contributed by atoms with Gasteiger partial charge in [0.1, 0.15) is 5.15 Å². The number of allylic oxidation sites excluding steroid dienone is 2. The average Bonchev–Trinajstić information content (AvgIpc) is 2.42. The van der Waals surface area contributed by atoms with E-state index >= 15 is 0 Å². The standard InChI is InChI=1S/C14H19ClN2O/c1-9-12(13(15)17(4)16-9)6-10-5-11(18)8-14(2,3)7-10/h5H,6-8H2,1-4H3. The third-order valence-corrected chi connectivity index (χ3v) is 3.87. The Bertz CT molecular complexity index is 526. The van der Waals surface area contributed by atoms with Crippen LogP contribution < -0.4 is 0 Å². The van der Waals surface area contributed by atoms with Crippen LogP contribution in [0.1, 0.15) is 37.9 Å². The molecule has 2 rings (SSSR count). The highest BCUT2D eigenvalue weighted by atomic mass is 35.5. The van der Waals surface area contributed by atoms with E-state index in [2.05, 4.69) is 18.9 Å². The zero-order valence-electron chi connectivity index (χ0n) is 11.4. The Morgan fingerprint density at radius 1 is 1.44 bits per heavy atom. The number of ketones is 1. The van der Waals surface area contributed by atoms with Crippen LogP contribution >= 0.6 is 11.6 Å². The number of carbonyl (C=O) groups excluding carboxylic acids is 1. The Kier molecular flexibility index (Phi) is 3.37. The smallest absolute Gasteiger partial charge is 0.156 e. The van der Waals surface area contributed by atoms with E-state index in [0.29, 0.717) is 11.6 Å². The van der Waals surface area contributed by atoms with Crippen molar-refractivity contribution < 1.29 is 4.79 Å². The van der Waals surface area contributed by atoms with Gasteiger partial charge in [-0.25, -0.2) is 0 Å². The predicted octanol–water partition coefficient (Wildman–Crippen LogP) is 3.24. The molecule has 0 aromatic carbocycles. The first-order valence-corrected chi connectivity index (χ1v) is 6.56. The third-order valence-electron chi connectivity index (χ3n) is 3.40. The summed E-state index contributed by atoms with van der Waals surface area (Å²) in [5.41, 5.74) is 3.20. The van der Waals surface area contributed by atoms with Gasteiger partial charge in [0.05, 0.1) is 5.69 Å². The normalized spacial score (nSPS) is 18.9. The summed E-state index contributed by atoms with van der Waals surface area (Å²) in [6.07, 6.45) is 4.10. The van der Waals surface area contributed by atoms with Gasteiger partial charge in [0.25, 0.3) is 0 Å². The molecule has 1 heterocycles. The average molecular weight is 267 g/mol. The van der Waals surface area contributed by atoms with E-state index in [0.717, 1.165) is 29.7 Å². The van der Waals surface area contributed by atoms with E-state index < -0.39 is 0 Å². The Balaban J connectivity index is 2.26. The Labute approximate surface area is 113 Å². The number of aryl methyl sites for hydroxylation is 2. The van der Waals surface area contributed by atoms with Gasteiger partial charge in [0, 0.05) is 19.0 Å². The molecule has 0 atom stereocenters. The highest BCUT2D eigenvalue weighted by molar-refractivity contribution is 6.30. The molecule has 0 aliphatic heterocycles. The predicted molar refractivity (Wildman–Crippen MR) is 72.8 cm³/mol. The van der Waals surface area contributed by atoms with Crippen molar-refractivity contribution in [1.82, 2.24) is 9.78 Å². The van der Waals surface area contributed by atoms with Crippen molar-refractivity contribution in [2.24, 2.45) is 12.5 Å². The molecule has 98 valence electrons. The monoisotopic (exact) mass is 266 g/mol. The van der Waals surface area contributed by atoms with Crippen LogP contribution in [0, 0.1) is 12.3 Å². The SMILES string of the molecule is Cc1nn(C)c(Cl)c1CC1=CC(=O)CC(C)(C)C1. The topological polar surface area (TPSA) is 34.9 Å². The summed E-state index contributed by atoms with van der Waals surface area (Å²) in [5.74, 6) is 0.221. The van der Waals surface area contributed by atoms with Crippen LogP contribution in [0.15, 0.2) is 11.6 Å². The summed E-state index contributed by atoms with van der Waals surface area (Å²) in [6.45, 7) is 6.22. The Hall–Kier alpha value is -1.09. The van der Waals surface area contributed by atoms with Gasteiger partial charge < -0.3 is 0 Å². The minimum atomic E-state index is 0.0593. The number of carbonyl (C=O) groups is 1. The van der Waals surface area contributed by atoms with E-state index in [1.54, 1.807) is 10.8 Å². The molecule has 0 fully saturated rings. The van der Waals surface area contributed by atoms with Crippen molar-refractivity contribution >= 4 is 17.4 Å². The number of aromatic nitrogens is 2. The fourth-order valence-electron chi connectivity index (χ4n) is 2.69. The van der Waals surface area contributed by atoms with Crippen molar-refractivity contribution in [3.63, 3.8) is 0 Å². The molecule has 1 aliphatic rings. The van der Waals surface area contributed by atoms with Crippen molar-refractivity contribution in [2.75, 3.05) is 0 Å². The largest absolute Gasteiger partial charge is 0.295 e. The Morgan fingerprint density at radius 3 is 2.61 bits per heavy atom. The van der Waals surface area contributed by atoms with Gasteiger partial charge in [-0.3, -0.25) is 9.48 Å². The molecule has 0 radical (unpaired) electrons. The van der Waals surface area contributed by atoms with Crippen LogP contribution in [-0.2, 0) is 18.3 Å². The van der Waals surface area contributed by atoms with Gasteiger partial charge in [0.15, 0.2) is 5.78 Å². The number of rotatable bonds is 2. The molecule has 0 saturated heterocycles. The van der Waals surface area contributed by atoms with Gasteiger partial charge in [-0.1, -0.05) is 31.0 Å². The Morgan fingerprint density at radius 2 is 2.11 bits per heavy atom. The molecule has 4 heteroatoms. The lowest BCUT2D eigenvalue weighted by Gasteiger charge is -2.28. The van der Waals surface area contributed by atoms with E-state index in [1.807, 2.05) is 14.0 Å². The molecular weight excluding hydrogens is 248 g/mol. The van der Waals surface area contributed by atoms with Gasteiger partial charge >= 0.3 is 0 Å². The lowest BCUT2D eigenvalue weighted by atomic mass is 9.75. The van der Waals surface area contributed by atoms with Crippen molar-refractivity contribution in [3.8, 4) is 0 Å². The van der Waals surface area contributed by atoms with Crippen LogP contribution in [0.4, 0.5) is 0 Å². The molecule has 0 saturated carbocycles. The van der Waals surface area contributed by atoms with E-state index in [-0.39, 0.29) is 11.2 Å². The second-order valence-electron chi connectivity index (χ2n) is 5.94. The first kappa shape index (κ1) is 13.3. The van der Waals surface area contributed by atoms with Gasteiger partial charge in [0.2, 0.25) is 0 Å². The zero-order valence-corrected chi connectivity index (χ0v) is 12.1. The summed E-state index contributed by atoms with van der Waals surface area (Å²) < 4.78 is 1.68. The second kappa shape index (κ2) is 4.54. The summed E-state index contributed by atoms with van der Waals surface area (Å²) in [4.78, 5) is 11.7. The quantitative estimate of drug-likeness (QED) is 0.824. The van der Waals surface area contributed by atoms with Crippen LogP contribution in [-0.4, -0.2) is 15.6 Å². The molecule has 0 bridgehead atoms. The van der Waals surface area contributed by atoms with Crippen molar-refractivity contribution in [1.29, 1.82) is 0 Å². The number of halogens is 1. The van der Waals surface area contributed by atoms with Gasteiger partial charge in [-0.15, -0.1) is 0 Å². The summed E-state index contributed by atoms with van der Waals surface area (Å²) in [6, 6.07) is 0.